The lowest BCUT2D eigenvalue weighted by Gasteiger charge is -2.30. The van der Waals surface area contributed by atoms with E-state index in [0.29, 0.717) is 5.75 Å². The van der Waals surface area contributed by atoms with Crippen molar-refractivity contribution in [3.63, 3.8) is 0 Å². The monoisotopic (exact) mass is 235 g/mol. The Morgan fingerprint density at radius 2 is 2.12 bits per heavy atom. The molecule has 0 unspecified atom stereocenters. The maximum absolute atomic E-state index is 11.5. The van der Waals surface area contributed by atoms with Gasteiger partial charge in [0.1, 0.15) is 5.75 Å². The van der Waals surface area contributed by atoms with Gasteiger partial charge in [-0.3, -0.25) is 4.79 Å². The van der Waals surface area contributed by atoms with Crippen molar-refractivity contribution in [2.45, 2.75) is 6.42 Å². The van der Waals surface area contributed by atoms with Crippen molar-refractivity contribution < 1.29 is 19.4 Å². The summed E-state index contributed by atoms with van der Waals surface area (Å²) in [5, 5.41) is 8.79. The Kier molecular flexibility index (Phi) is 3.27. The van der Waals surface area contributed by atoms with Crippen molar-refractivity contribution in [2.75, 3.05) is 19.7 Å². The lowest BCUT2D eigenvalue weighted by atomic mass is 10.2. The quantitative estimate of drug-likeness (QED) is 0.845. The standard InChI is InChI=1S/C12H13NO4/c14-11(13-5-2-6-13)8-17-10-4-1-3-9(7-10)12(15)16/h1,3-4,7H,2,5-6,8H2,(H,15,16). The first kappa shape index (κ1) is 11.4. The summed E-state index contributed by atoms with van der Waals surface area (Å²) in [6, 6.07) is 6.11. The van der Waals surface area contributed by atoms with Crippen LogP contribution in [0.2, 0.25) is 0 Å². The maximum Gasteiger partial charge on any atom is 0.335 e. The van der Waals surface area contributed by atoms with Gasteiger partial charge in [-0.05, 0) is 24.6 Å². The van der Waals surface area contributed by atoms with E-state index in [-0.39, 0.29) is 18.1 Å². The number of amides is 1. The fourth-order valence-electron chi connectivity index (χ4n) is 1.52. The first-order valence-corrected chi connectivity index (χ1v) is 5.41. The van der Waals surface area contributed by atoms with Crippen molar-refractivity contribution in [3.05, 3.63) is 29.8 Å². The third kappa shape index (κ3) is 2.75. The number of ether oxygens (including phenoxy) is 1. The predicted octanol–water partition coefficient (Wildman–Crippen LogP) is 0.996. The summed E-state index contributed by atoms with van der Waals surface area (Å²) in [7, 11) is 0. The molecule has 2 rings (SSSR count). The summed E-state index contributed by atoms with van der Waals surface area (Å²) < 4.78 is 5.26. The molecule has 5 heteroatoms. The number of aromatic carboxylic acids is 1. The Labute approximate surface area is 98.6 Å². The van der Waals surface area contributed by atoms with E-state index in [1.54, 1.807) is 17.0 Å². The van der Waals surface area contributed by atoms with Crippen LogP contribution in [0.3, 0.4) is 0 Å². The van der Waals surface area contributed by atoms with E-state index in [1.807, 2.05) is 0 Å². The molecule has 1 heterocycles. The number of carbonyl (C=O) groups excluding carboxylic acids is 1. The molecular weight excluding hydrogens is 222 g/mol. The van der Waals surface area contributed by atoms with Crippen LogP contribution >= 0.6 is 0 Å². The summed E-state index contributed by atoms with van der Waals surface area (Å²) in [5.74, 6) is -0.666. The van der Waals surface area contributed by atoms with Gasteiger partial charge in [-0.2, -0.15) is 0 Å². The normalized spacial score (nSPS) is 14.0. The number of hydrogen-bond acceptors (Lipinski definition) is 3. The van der Waals surface area contributed by atoms with E-state index in [4.69, 9.17) is 9.84 Å². The summed E-state index contributed by atoms with van der Waals surface area (Å²) in [6.07, 6.45) is 1.04. The second kappa shape index (κ2) is 4.86. The summed E-state index contributed by atoms with van der Waals surface area (Å²) in [6.45, 7) is 1.54. The van der Waals surface area contributed by atoms with E-state index < -0.39 is 5.97 Å². The van der Waals surface area contributed by atoms with Gasteiger partial charge < -0.3 is 14.7 Å². The minimum absolute atomic E-state index is 0.0386. The van der Waals surface area contributed by atoms with Gasteiger partial charge >= 0.3 is 5.97 Å². The Morgan fingerprint density at radius 1 is 1.35 bits per heavy atom. The van der Waals surface area contributed by atoms with Gasteiger partial charge in [0.2, 0.25) is 0 Å². The molecule has 1 fully saturated rings. The van der Waals surface area contributed by atoms with Crippen LogP contribution in [-0.2, 0) is 4.79 Å². The number of carboxylic acids is 1. The molecular formula is C12H13NO4. The molecule has 17 heavy (non-hydrogen) atoms. The van der Waals surface area contributed by atoms with E-state index in [0.717, 1.165) is 19.5 Å². The number of nitrogens with zero attached hydrogens (tertiary/aromatic N) is 1. The fraction of sp³-hybridized carbons (Fsp3) is 0.333. The first-order chi connectivity index (χ1) is 8.16. The minimum atomic E-state index is -1.01. The van der Waals surface area contributed by atoms with Gasteiger partial charge in [0.05, 0.1) is 5.56 Å². The van der Waals surface area contributed by atoms with Gasteiger partial charge in [0.15, 0.2) is 6.61 Å². The van der Waals surface area contributed by atoms with Crippen LogP contribution in [0.5, 0.6) is 5.75 Å². The molecule has 1 aliphatic rings. The second-order valence-corrected chi connectivity index (χ2v) is 3.86. The Balaban J connectivity index is 1.91. The number of hydrogen-bond donors (Lipinski definition) is 1. The van der Waals surface area contributed by atoms with E-state index in [9.17, 15) is 9.59 Å². The average molecular weight is 235 g/mol. The molecule has 0 radical (unpaired) electrons. The topological polar surface area (TPSA) is 66.8 Å². The average Bonchev–Trinajstić information content (AvgIpc) is 2.24. The number of benzene rings is 1. The predicted molar refractivity (Wildman–Crippen MR) is 60.1 cm³/mol. The van der Waals surface area contributed by atoms with Gasteiger partial charge in [0.25, 0.3) is 5.91 Å². The SMILES string of the molecule is O=C(O)c1cccc(OCC(=O)N2CCC2)c1. The number of rotatable bonds is 4. The molecule has 0 aliphatic carbocycles. The van der Waals surface area contributed by atoms with Crippen molar-refractivity contribution in [2.24, 2.45) is 0 Å². The summed E-state index contributed by atoms with van der Waals surface area (Å²) in [4.78, 5) is 23.9. The fourth-order valence-corrected chi connectivity index (χ4v) is 1.52. The molecule has 5 nitrogen and oxygen atoms in total. The molecule has 90 valence electrons. The zero-order valence-electron chi connectivity index (χ0n) is 9.26. The first-order valence-electron chi connectivity index (χ1n) is 5.41. The Hall–Kier alpha value is -2.04. The molecule has 0 spiro atoms. The van der Waals surface area contributed by atoms with E-state index in [2.05, 4.69) is 0 Å². The molecule has 0 aromatic heterocycles. The third-order valence-corrected chi connectivity index (χ3v) is 2.65. The third-order valence-electron chi connectivity index (χ3n) is 2.65. The molecule has 1 N–H and O–H groups in total. The Bertz CT molecular complexity index is 440. The number of carboxylic acid groups (broad SMARTS) is 1. The van der Waals surface area contributed by atoms with Gasteiger partial charge in [-0.15, -0.1) is 0 Å². The van der Waals surface area contributed by atoms with Crippen LogP contribution in [0.25, 0.3) is 0 Å². The lowest BCUT2D eigenvalue weighted by molar-refractivity contribution is -0.136. The van der Waals surface area contributed by atoms with Gasteiger partial charge in [-0.25, -0.2) is 4.79 Å². The molecule has 0 bridgehead atoms. The zero-order chi connectivity index (χ0) is 12.3. The van der Waals surface area contributed by atoms with Crippen molar-refractivity contribution in [3.8, 4) is 5.75 Å². The van der Waals surface area contributed by atoms with E-state index in [1.165, 1.54) is 12.1 Å². The van der Waals surface area contributed by atoms with Crippen LogP contribution in [0.15, 0.2) is 24.3 Å². The van der Waals surface area contributed by atoms with Crippen LogP contribution in [0, 0.1) is 0 Å². The van der Waals surface area contributed by atoms with Crippen LogP contribution in [-0.4, -0.2) is 41.6 Å². The molecule has 1 aromatic rings. The highest BCUT2D eigenvalue weighted by Crippen LogP contribution is 2.14. The molecule has 1 aliphatic heterocycles. The zero-order valence-corrected chi connectivity index (χ0v) is 9.26. The second-order valence-electron chi connectivity index (χ2n) is 3.86. The number of carbonyl (C=O) groups is 2. The smallest absolute Gasteiger partial charge is 0.335 e. The number of likely N-dealkylation sites (tertiary alicyclic amines) is 1. The molecule has 0 saturated carbocycles. The van der Waals surface area contributed by atoms with Gasteiger partial charge in [0, 0.05) is 13.1 Å². The van der Waals surface area contributed by atoms with Crippen LogP contribution in [0.1, 0.15) is 16.8 Å². The lowest BCUT2D eigenvalue weighted by Crippen LogP contribution is -2.44. The van der Waals surface area contributed by atoms with Crippen molar-refractivity contribution >= 4 is 11.9 Å². The largest absolute Gasteiger partial charge is 0.484 e. The van der Waals surface area contributed by atoms with E-state index >= 15 is 0 Å². The molecule has 1 aromatic carbocycles. The Morgan fingerprint density at radius 3 is 2.71 bits per heavy atom. The van der Waals surface area contributed by atoms with Crippen molar-refractivity contribution in [1.82, 2.24) is 4.90 Å². The molecule has 1 saturated heterocycles. The highest BCUT2D eigenvalue weighted by Gasteiger charge is 2.20. The minimum Gasteiger partial charge on any atom is -0.484 e. The van der Waals surface area contributed by atoms with Gasteiger partial charge in [-0.1, -0.05) is 6.07 Å². The molecule has 1 amide bonds. The summed E-state index contributed by atoms with van der Waals surface area (Å²) >= 11 is 0. The maximum atomic E-state index is 11.5. The highest BCUT2D eigenvalue weighted by atomic mass is 16.5. The van der Waals surface area contributed by atoms with Crippen LogP contribution in [0.4, 0.5) is 0 Å². The van der Waals surface area contributed by atoms with Crippen molar-refractivity contribution in [1.29, 1.82) is 0 Å². The molecule has 0 atom stereocenters. The summed E-state index contributed by atoms with van der Waals surface area (Å²) in [5.41, 5.74) is 0.152. The van der Waals surface area contributed by atoms with Crippen LogP contribution < -0.4 is 4.74 Å². The highest BCUT2D eigenvalue weighted by molar-refractivity contribution is 5.88.